The van der Waals surface area contributed by atoms with Crippen molar-refractivity contribution in [2.45, 2.75) is 38.5 Å². The number of carbonyl (C=O) groups is 1. The van der Waals surface area contributed by atoms with Gasteiger partial charge in [-0.05, 0) is 68.8 Å². The molecule has 1 aliphatic heterocycles. The van der Waals surface area contributed by atoms with Gasteiger partial charge < -0.3 is 9.80 Å². The fourth-order valence-corrected chi connectivity index (χ4v) is 5.42. The maximum absolute atomic E-state index is 13.0. The van der Waals surface area contributed by atoms with E-state index in [1.165, 1.54) is 40.4 Å². The maximum atomic E-state index is 13.0. The molecule has 0 N–H and O–H groups in total. The van der Waals surface area contributed by atoms with Crippen LogP contribution in [0.5, 0.6) is 0 Å². The number of hydrogen-bond donors (Lipinski definition) is 0. The van der Waals surface area contributed by atoms with E-state index in [-0.39, 0.29) is 5.78 Å². The summed E-state index contributed by atoms with van der Waals surface area (Å²) in [5, 5.41) is 2.42. The third-order valence-corrected chi connectivity index (χ3v) is 7.22. The second kappa shape index (κ2) is 8.12. The molecule has 0 spiro atoms. The van der Waals surface area contributed by atoms with Gasteiger partial charge in [-0.15, -0.1) is 0 Å². The molecule has 3 nitrogen and oxygen atoms in total. The molecule has 160 valence electrons. The summed E-state index contributed by atoms with van der Waals surface area (Å²) >= 11 is 0. The molecule has 1 fully saturated rings. The monoisotopic (exact) mass is 412 g/mol. The summed E-state index contributed by atoms with van der Waals surface area (Å²) in [5.74, 6) is 0.255. The van der Waals surface area contributed by atoms with E-state index in [4.69, 9.17) is 0 Å². The molecule has 0 amide bonds. The Bertz CT molecular complexity index is 1100. The van der Waals surface area contributed by atoms with Gasteiger partial charge >= 0.3 is 0 Å². The van der Waals surface area contributed by atoms with Crippen LogP contribution in [0.15, 0.2) is 60.7 Å². The fourth-order valence-electron chi connectivity index (χ4n) is 5.42. The second-order valence-corrected chi connectivity index (χ2v) is 9.59. The predicted octanol–water partition coefficient (Wildman–Crippen LogP) is 5.46. The molecule has 0 radical (unpaired) electrons. The van der Waals surface area contributed by atoms with Crippen LogP contribution in [0.3, 0.4) is 0 Å². The SMILES string of the molecule is CC1(C)C(=O)c2cccc3c(N4CCCN(CCCc5ccccc5)CC4)ccc1c23. The molecule has 5 rings (SSSR count). The topological polar surface area (TPSA) is 23.6 Å². The molecule has 2 aliphatic rings. The first-order chi connectivity index (χ1) is 15.1. The fraction of sp³-hybridized carbons (Fsp3) is 0.393. The molecular weight excluding hydrogens is 380 g/mol. The molecule has 1 aliphatic carbocycles. The first-order valence-corrected chi connectivity index (χ1v) is 11.7. The first kappa shape index (κ1) is 20.3. The Kier molecular flexibility index (Phi) is 5.31. The summed E-state index contributed by atoms with van der Waals surface area (Å²) in [5.41, 5.74) is 4.39. The van der Waals surface area contributed by atoms with Crippen molar-refractivity contribution in [1.29, 1.82) is 0 Å². The molecule has 0 bridgehead atoms. The van der Waals surface area contributed by atoms with Crippen LogP contribution in [0.25, 0.3) is 10.8 Å². The number of nitrogens with zero attached hydrogens (tertiary/aromatic N) is 2. The van der Waals surface area contributed by atoms with E-state index in [0.29, 0.717) is 0 Å². The Morgan fingerprint density at radius 3 is 2.55 bits per heavy atom. The van der Waals surface area contributed by atoms with Crippen LogP contribution in [-0.4, -0.2) is 43.4 Å². The van der Waals surface area contributed by atoms with Gasteiger partial charge in [-0.2, -0.15) is 0 Å². The zero-order chi connectivity index (χ0) is 21.4. The predicted molar refractivity (Wildman–Crippen MR) is 129 cm³/mol. The molecule has 0 saturated carbocycles. The summed E-state index contributed by atoms with van der Waals surface area (Å²) < 4.78 is 0. The van der Waals surface area contributed by atoms with E-state index >= 15 is 0 Å². The van der Waals surface area contributed by atoms with Gasteiger partial charge in [0.05, 0.1) is 5.41 Å². The zero-order valence-electron chi connectivity index (χ0n) is 18.7. The van der Waals surface area contributed by atoms with Crippen LogP contribution in [0, 0.1) is 0 Å². The Balaban J connectivity index is 1.31. The molecule has 0 unspecified atom stereocenters. The highest BCUT2D eigenvalue weighted by atomic mass is 16.1. The highest BCUT2D eigenvalue weighted by Gasteiger charge is 2.40. The van der Waals surface area contributed by atoms with E-state index < -0.39 is 5.41 Å². The van der Waals surface area contributed by atoms with Gasteiger partial charge in [0.2, 0.25) is 0 Å². The lowest BCUT2D eigenvalue weighted by molar-refractivity contribution is 0.0920. The minimum atomic E-state index is -0.422. The van der Waals surface area contributed by atoms with E-state index in [1.807, 2.05) is 6.07 Å². The molecule has 3 heteroatoms. The lowest BCUT2D eigenvalue weighted by Crippen LogP contribution is -2.31. The summed E-state index contributed by atoms with van der Waals surface area (Å²) in [4.78, 5) is 18.1. The quantitative estimate of drug-likeness (QED) is 0.556. The normalized spacial score (nSPS) is 18.5. The first-order valence-electron chi connectivity index (χ1n) is 11.7. The van der Waals surface area contributed by atoms with Crippen molar-refractivity contribution in [3.63, 3.8) is 0 Å². The molecule has 1 saturated heterocycles. The van der Waals surface area contributed by atoms with Crippen molar-refractivity contribution in [1.82, 2.24) is 4.90 Å². The molecule has 0 aromatic heterocycles. The number of Topliss-reactive ketones (excluding diaryl/α,β-unsaturated/α-hetero) is 1. The van der Waals surface area contributed by atoms with Crippen LogP contribution in [-0.2, 0) is 11.8 Å². The van der Waals surface area contributed by atoms with Crippen molar-refractivity contribution in [2.24, 2.45) is 0 Å². The summed E-state index contributed by atoms with van der Waals surface area (Å²) in [7, 11) is 0. The Morgan fingerprint density at radius 2 is 1.71 bits per heavy atom. The van der Waals surface area contributed by atoms with Gasteiger partial charge in [0.25, 0.3) is 0 Å². The van der Waals surface area contributed by atoms with Crippen molar-refractivity contribution >= 4 is 22.2 Å². The van der Waals surface area contributed by atoms with Crippen molar-refractivity contribution in [3.05, 3.63) is 77.4 Å². The van der Waals surface area contributed by atoms with Crippen molar-refractivity contribution < 1.29 is 4.79 Å². The number of rotatable bonds is 5. The Hall–Kier alpha value is -2.65. The van der Waals surface area contributed by atoms with E-state index in [0.717, 1.165) is 44.7 Å². The van der Waals surface area contributed by atoms with Crippen LogP contribution >= 0.6 is 0 Å². The van der Waals surface area contributed by atoms with Gasteiger partial charge in [0.15, 0.2) is 5.78 Å². The van der Waals surface area contributed by atoms with Crippen molar-refractivity contribution in [3.8, 4) is 0 Å². The molecule has 31 heavy (non-hydrogen) atoms. The van der Waals surface area contributed by atoms with Gasteiger partial charge in [0.1, 0.15) is 0 Å². The third-order valence-electron chi connectivity index (χ3n) is 7.22. The van der Waals surface area contributed by atoms with Crippen LogP contribution in [0.4, 0.5) is 5.69 Å². The van der Waals surface area contributed by atoms with Crippen LogP contribution < -0.4 is 4.90 Å². The van der Waals surface area contributed by atoms with Gasteiger partial charge in [0, 0.05) is 36.3 Å². The number of benzene rings is 3. The van der Waals surface area contributed by atoms with Gasteiger partial charge in [-0.25, -0.2) is 0 Å². The average molecular weight is 413 g/mol. The number of ketones is 1. The van der Waals surface area contributed by atoms with Crippen molar-refractivity contribution in [2.75, 3.05) is 37.6 Å². The Morgan fingerprint density at radius 1 is 0.871 bits per heavy atom. The minimum Gasteiger partial charge on any atom is -0.370 e. The van der Waals surface area contributed by atoms with Crippen LogP contribution in [0.2, 0.25) is 0 Å². The number of carbonyl (C=O) groups excluding carboxylic acids is 1. The summed E-state index contributed by atoms with van der Waals surface area (Å²) in [6.07, 6.45) is 3.54. The lowest BCUT2D eigenvalue weighted by Gasteiger charge is -2.26. The highest BCUT2D eigenvalue weighted by Crippen LogP contribution is 2.45. The molecular formula is C28H32N2O. The highest BCUT2D eigenvalue weighted by molar-refractivity contribution is 6.21. The second-order valence-electron chi connectivity index (χ2n) is 9.59. The van der Waals surface area contributed by atoms with Gasteiger partial charge in [-0.1, -0.05) is 54.6 Å². The molecule has 3 aromatic rings. The minimum absolute atomic E-state index is 0.255. The summed E-state index contributed by atoms with van der Waals surface area (Å²) in [6.45, 7) is 9.66. The largest absolute Gasteiger partial charge is 0.370 e. The maximum Gasteiger partial charge on any atom is 0.173 e. The molecule has 0 atom stereocenters. The standard InChI is InChI=1S/C28H32N2O/c1-28(2)24-14-15-25(22-12-6-13-23(26(22)24)27(28)31)30-18-8-17-29(19-20-30)16-7-11-21-9-4-3-5-10-21/h3-6,9-10,12-15H,7-8,11,16-20H2,1-2H3. The molecule has 1 heterocycles. The van der Waals surface area contributed by atoms with E-state index in [9.17, 15) is 4.79 Å². The smallest absolute Gasteiger partial charge is 0.173 e. The molecule has 3 aromatic carbocycles. The number of hydrogen-bond acceptors (Lipinski definition) is 3. The van der Waals surface area contributed by atoms with E-state index in [1.54, 1.807) is 0 Å². The average Bonchev–Trinajstić information content (AvgIpc) is 2.94. The van der Waals surface area contributed by atoms with Gasteiger partial charge in [-0.3, -0.25) is 4.79 Å². The lowest BCUT2D eigenvalue weighted by atomic mass is 9.84. The van der Waals surface area contributed by atoms with Crippen LogP contribution in [0.1, 0.15) is 48.2 Å². The number of aryl methyl sites for hydroxylation is 1. The van der Waals surface area contributed by atoms with E-state index in [2.05, 4.69) is 78.2 Å². The zero-order valence-corrected chi connectivity index (χ0v) is 18.7. The number of anilines is 1. The Labute approximate surface area is 185 Å². The summed E-state index contributed by atoms with van der Waals surface area (Å²) in [6, 6.07) is 21.5. The third kappa shape index (κ3) is 3.65.